The number of nitrogens with one attached hydrogen (secondary N) is 4. The van der Waals surface area contributed by atoms with Crippen LogP contribution in [-0.4, -0.2) is 82.1 Å². The molecule has 3 amide bonds. The first-order valence-corrected chi connectivity index (χ1v) is 18.2. The van der Waals surface area contributed by atoms with Crippen molar-refractivity contribution >= 4 is 63.7 Å². The van der Waals surface area contributed by atoms with Crippen molar-refractivity contribution < 1.29 is 43.3 Å². The molecule has 0 aliphatic heterocycles. The van der Waals surface area contributed by atoms with Crippen LogP contribution in [0, 0.1) is 20.2 Å². The van der Waals surface area contributed by atoms with E-state index in [-0.39, 0.29) is 43.1 Å². The van der Waals surface area contributed by atoms with Gasteiger partial charge in [-0.2, -0.15) is 0 Å². The van der Waals surface area contributed by atoms with Crippen LogP contribution in [0.2, 0.25) is 0 Å². The molecular formula is C35H44N6O11S. The second-order valence-corrected chi connectivity index (χ2v) is 13.0. The van der Waals surface area contributed by atoms with Crippen LogP contribution in [0.15, 0.2) is 53.6 Å². The number of thioether (sulfide) groups is 1. The fourth-order valence-electron chi connectivity index (χ4n) is 4.97. The zero-order valence-corrected chi connectivity index (χ0v) is 30.4. The maximum absolute atomic E-state index is 13.2. The number of non-ortho nitro benzene ring substituents is 1. The number of carbonyl (C=O) groups is 5. The predicted molar refractivity (Wildman–Crippen MR) is 195 cm³/mol. The van der Waals surface area contributed by atoms with E-state index in [1.165, 1.54) is 6.07 Å². The first-order chi connectivity index (χ1) is 25.4. The van der Waals surface area contributed by atoms with Gasteiger partial charge in [0.2, 0.25) is 17.7 Å². The monoisotopic (exact) mass is 756 g/mol. The maximum atomic E-state index is 13.2. The van der Waals surface area contributed by atoms with Gasteiger partial charge in [0.15, 0.2) is 0 Å². The van der Waals surface area contributed by atoms with Crippen LogP contribution in [0.1, 0.15) is 64.4 Å². The Morgan fingerprint density at radius 3 is 2.25 bits per heavy atom. The van der Waals surface area contributed by atoms with Crippen LogP contribution in [0.25, 0.3) is 10.9 Å². The smallest absolute Gasteiger partial charge is 0.328 e. The molecule has 0 aliphatic carbocycles. The van der Waals surface area contributed by atoms with Gasteiger partial charge in [0.1, 0.15) is 18.6 Å². The van der Waals surface area contributed by atoms with Gasteiger partial charge in [-0.25, -0.2) is 4.79 Å². The van der Waals surface area contributed by atoms with Crippen LogP contribution in [0.5, 0.6) is 0 Å². The lowest BCUT2D eigenvalue weighted by atomic mass is 10.1. The molecule has 1 heterocycles. The molecule has 286 valence electrons. The molecule has 0 bridgehead atoms. The highest BCUT2D eigenvalue weighted by molar-refractivity contribution is 7.99. The summed E-state index contributed by atoms with van der Waals surface area (Å²) in [5.74, 6) is -3.63. The number of nitrogens with zero attached hydrogens (tertiary/aromatic N) is 2. The number of aryl methyl sites for hydroxylation is 1. The van der Waals surface area contributed by atoms with Crippen LogP contribution in [0.3, 0.4) is 0 Å². The molecule has 1 aromatic heterocycles. The Kier molecular flexibility index (Phi) is 17.2. The molecule has 4 N–H and O–H groups in total. The second kappa shape index (κ2) is 21.8. The highest BCUT2D eigenvalue weighted by Gasteiger charge is 2.28. The Bertz CT molecular complexity index is 1760. The number of nitro groups is 2. The van der Waals surface area contributed by atoms with E-state index in [2.05, 4.69) is 20.9 Å². The van der Waals surface area contributed by atoms with Gasteiger partial charge >= 0.3 is 11.9 Å². The zero-order chi connectivity index (χ0) is 38.8. The Labute approximate surface area is 309 Å². The highest BCUT2D eigenvalue weighted by atomic mass is 32.2. The molecule has 2 atom stereocenters. The molecular weight excluding hydrogens is 712 g/mol. The number of benzene rings is 2. The lowest BCUT2D eigenvalue weighted by Crippen LogP contribution is -2.50. The molecule has 0 spiro atoms. The minimum atomic E-state index is -1.34. The molecule has 3 aromatic rings. The van der Waals surface area contributed by atoms with Crippen LogP contribution in [0.4, 0.5) is 11.4 Å². The van der Waals surface area contributed by atoms with Crippen molar-refractivity contribution in [3.63, 3.8) is 0 Å². The number of unbranched alkanes of at least 4 members (excludes halogenated alkanes) is 2. The summed E-state index contributed by atoms with van der Waals surface area (Å²) < 4.78 is 10.4. The number of ether oxygens (including phenoxy) is 2. The van der Waals surface area contributed by atoms with Gasteiger partial charge in [-0.3, -0.25) is 39.4 Å². The molecule has 2 aromatic carbocycles. The van der Waals surface area contributed by atoms with Crippen molar-refractivity contribution in [3.05, 3.63) is 74.5 Å². The van der Waals surface area contributed by atoms with Crippen molar-refractivity contribution in [2.75, 3.05) is 25.5 Å². The fraction of sp³-hybridized carbons (Fsp3) is 0.457. The third-order valence-electron chi connectivity index (χ3n) is 7.89. The zero-order valence-electron chi connectivity index (χ0n) is 29.6. The van der Waals surface area contributed by atoms with Crippen molar-refractivity contribution in [3.8, 4) is 0 Å². The Morgan fingerprint density at radius 2 is 1.55 bits per heavy atom. The van der Waals surface area contributed by atoms with Crippen LogP contribution in [-0.2, 0) is 39.9 Å². The number of aromatic nitrogens is 1. The van der Waals surface area contributed by atoms with Gasteiger partial charge < -0.3 is 30.4 Å². The van der Waals surface area contributed by atoms with Gasteiger partial charge in [-0.05, 0) is 43.4 Å². The van der Waals surface area contributed by atoms with E-state index in [1.54, 1.807) is 0 Å². The van der Waals surface area contributed by atoms with Crippen molar-refractivity contribution in [2.45, 2.75) is 82.2 Å². The molecule has 0 saturated carbocycles. The highest BCUT2D eigenvalue weighted by Crippen LogP contribution is 2.33. The minimum absolute atomic E-state index is 0.00291. The number of hydrogen-bond acceptors (Lipinski definition) is 12. The lowest BCUT2D eigenvalue weighted by Gasteiger charge is -2.20. The maximum Gasteiger partial charge on any atom is 0.328 e. The number of hydrogen-bond donors (Lipinski definition) is 4. The molecule has 0 fully saturated rings. The Balaban J connectivity index is 1.69. The summed E-state index contributed by atoms with van der Waals surface area (Å²) in [6, 6.07) is 8.15. The summed E-state index contributed by atoms with van der Waals surface area (Å²) in [4.78, 5) is 88.8. The van der Waals surface area contributed by atoms with Crippen molar-refractivity contribution in [1.82, 2.24) is 20.9 Å². The van der Waals surface area contributed by atoms with Crippen molar-refractivity contribution in [2.24, 2.45) is 0 Å². The third kappa shape index (κ3) is 13.9. The molecule has 0 unspecified atom stereocenters. The largest absolute Gasteiger partial charge is 0.464 e. The number of nitro benzene ring substituents is 2. The summed E-state index contributed by atoms with van der Waals surface area (Å²) in [5.41, 5.74) is 0.777. The molecule has 17 nitrogen and oxygen atoms in total. The Morgan fingerprint density at radius 1 is 0.868 bits per heavy atom. The summed E-state index contributed by atoms with van der Waals surface area (Å²) >= 11 is 0.790. The predicted octanol–water partition coefficient (Wildman–Crippen LogP) is 4.26. The van der Waals surface area contributed by atoms with E-state index >= 15 is 0 Å². The Hall–Kier alpha value is -5.52. The van der Waals surface area contributed by atoms with Gasteiger partial charge in [0.05, 0.1) is 34.0 Å². The summed E-state index contributed by atoms with van der Waals surface area (Å²) in [5, 5.41) is 31.4. The number of carbonyl (C=O) groups excluding carboxylic acids is 5. The molecule has 0 saturated heterocycles. The quantitative estimate of drug-likeness (QED) is 0.0349. The summed E-state index contributed by atoms with van der Waals surface area (Å²) in [6.07, 6.45) is 4.53. The minimum Gasteiger partial charge on any atom is -0.464 e. The van der Waals surface area contributed by atoms with E-state index < -0.39 is 69.5 Å². The molecule has 0 aliphatic rings. The van der Waals surface area contributed by atoms with E-state index in [1.807, 2.05) is 44.3 Å². The first-order valence-electron chi connectivity index (χ1n) is 17.2. The van der Waals surface area contributed by atoms with E-state index in [0.717, 1.165) is 53.2 Å². The number of rotatable bonds is 23. The number of amides is 3. The molecule has 53 heavy (non-hydrogen) atoms. The molecule has 18 heteroatoms. The molecule has 3 rings (SSSR count). The van der Waals surface area contributed by atoms with Gasteiger partial charge in [0, 0.05) is 41.8 Å². The SMILES string of the molecule is CCCCOC(=O)CNC(=O)[C@H](CSc1ccc([N+](=O)[O-])cc1[N+](=O)[O-])NC(=O)CC[C@H](NC(=O)CCc1c[nH]c2ccccc12)C(=O)OCCCC. The van der Waals surface area contributed by atoms with Gasteiger partial charge in [0.25, 0.3) is 11.4 Å². The van der Waals surface area contributed by atoms with Crippen LogP contribution >= 0.6 is 11.8 Å². The third-order valence-corrected chi connectivity index (χ3v) is 9.05. The normalized spacial score (nSPS) is 12.0. The van der Waals surface area contributed by atoms with E-state index in [0.29, 0.717) is 19.3 Å². The summed E-state index contributed by atoms with van der Waals surface area (Å²) in [6.45, 7) is 3.61. The average Bonchev–Trinajstić information content (AvgIpc) is 3.56. The first kappa shape index (κ1) is 41.9. The van der Waals surface area contributed by atoms with Gasteiger partial charge in [-0.15, -0.1) is 11.8 Å². The average molecular weight is 757 g/mol. The number of fused-ring (bicyclic) bond motifs is 1. The van der Waals surface area contributed by atoms with Gasteiger partial charge in [-0.1, -0.05) is 44.9 Å². The summed E-state index contributed by atoms with van der Waals surface area (Å²) in [7, 11) is 0. The number of para-hydroxylation sites is 1. The molecule has 0 radical (unpaired) electrons. The standard InChI is InChI=1S/C35H44N6O11S/c1-3-5-17-51-33(44)21-37-34(45)28(22-53-30-14-12-24(40(47)48)19-29(30)41(49)50)39-32(43)16-13-27(35(46)52-18-6-4-2)38-31(42)15-11-23-20-36-26-10-8-7-9-25(23)26/h7-10,12,14,19-20,27-28,36H,3-6,11,13,15-18,21-22H2,1-2H3,(H,37,45)(H,38,42)(H,39,43)/t27-,28-/m0/s1. The van der Waals surface area contributed by atoms with E-state index in [9.17, 15) is 44.2 Å². The van der Waals surface area contributed by atoms with Crippen LogP contribution < -0.4 is 16.0 Å². The number of esters is 2. The van der Waals surface area contributed by atoms with E-state index in [4.69, 9.17) is 9.47 Å². The lowest BCUT2D eigenvalue weighted by molar-refractivity contribution is -0.396. The topological polar surface area (TPSA) is 242 Å². The van der Waals surface area contributed by atoms with Crippen molar-refractivity contribution in [1.29, 1.82) is 0 Å². The number of aromatic amines is 1. The number of H-pyrrole nitrogens is 1. The fourth-order valence-corrected chi connectivity index (χ4v) is 5.99. The second-order valence-electron chi connectivity index (χ2n) is 11.9.